The third-order valence-electron chi connectivity index (χ3n) is 0.935. The first kappa shape index (κ1) is 9.50. The average Bonchev–Trinajstić information content (AvgIpc) is 1.81. The van der Waals surface area contributed by atoms with Crippen molar-refractivity contribution in [3.63, 3.8) is 0 Å². The monoisotopic (exact) mass is 209 g/mol. The van der Waals surface area contributed by atoms with Crippen molar-refractivity contribution < 1.29 is 10.0 Å². The van der Waals surface area contributed by atoms with Crippen LogP contribution in [-0.4, -0.2) is 15.5 Å². The van der Waals surface area contributed by atoms with Crippen LogP contribution in [0.3, 0.4) is 0 Å². The van der Waals surface area contributed by atoms with Gasteiger partial charge in [0, 0.05) is 12.1 Å². The molecule has 0 saturated heterocycles. The van der Waals surface area contributed by atoms with Crippen LogP contribution in [0.5, 0.6) is 5.75 Å². The molecule has 0 saturated carbocycles. The summed E-state index contributed by atoms with van der Waals surface area (Å²) in [6.45, 7) is 0. The lowest BCUT2D eigenvalue weighted by Crippen LogP contribution is -2.30. The van der Waals surface area contributed by atoms with Gasteiger partial charge in [-0.15, -0.1) is 0 Å². The summed E-state index contributed by atoms with van der Waals surface area (Å²) in [5.41, 5.74) is 0. The Hall–Kier alpha value is -0.590. The molecule has 66 valence electrons. The van der Waals surface area contributed by atoms with Crippen molar-refractivity contribution in [3.05, 3.63) is 22.4 Å². The van der Waals surface area contributed by atoms with Gasteiger partial charge in [-0.25, -0.2) is 10.8 Å². The molecule has 1 rings (SSSR count). The van der Waals surface area contributed by atoms with E-state index in [0.29, 0.717) is 0 Å². The van der Waals surface area contributed by atoms with E-state index in [0.717, 1.165) is 0 Å². The zero-order valence-electron chi connectivity index (χ0n) is 5.74. The maximum absolute atomic E-state index is 8.47. The molecule has 0 unspecified atom stereocenters. The summed E-state index contributed by atoms with van der Waals surface area (Å²) in [6, 6.07) is 2.70. The minimum Gasteiger partial charge on any atom is -0.366 e. The molecule has 5 nitrogen and oxygen atoms in total. The highest BCUT2D eigenvalue weighted by molar-refractivity contribution is 6.32. The standard InChI is InChI=1S/C5H5Cl2N3O2/c6-4-1-3(12-10(8)11)2-5(7)9-4/h1-2,11H,8H2. The normalized spacial score (nSPS) is 10.4. The smallest absolute Gasteiger partial charge is 0.158 e. The molecule has 3 N–H and O–H groups in total. The second-order valence-corrected chi connectivity index (χ2v) is 2.62. The van der Waals surface area contributed by atoms with Crippen LogP contribution in [0.25, 0.3) is 0 Å². The van der Waals surface area contributed by atoms with Crippen LogP contribution >= 0.6 is 23.2 Å². The molecule has 0 amide bonds. The van der Waals surface area contributed by atoms with Crippen LogP contribution in [0.15, 0.2) is 12.1 Å². The molecule has 0 bridgehead atoms. The highest BCUT2D eigenvalue weighted by Gasteiger charge is 2.02. The van der Waals surface area contributed by atoms with Gasteiger partial charge < -0.3 is 4.84 Å². The summed E-state index contributed by atoms with van der Waals surface area (Å²) in [6.07, 6.45) is 0. The van der Waals surface area contributed by atoms with E-state index in [1.54, 1.807) is 0 Å². The lowest BCUT2D eigenvalue weighted by atomic mass is 10.5. The van der Waals surface area contributed by atoms with Crippen LogP contribution in [-0.2, 0) is 0 Å². The number of hydrogen-bond donors (Lipinski definition) is 2. The van der Waals surface area contributed by atoms with Crippen LogP contribution in [0, 0.1) is 0 Å². The molecular weight excluding hydrogens is 205 g/mol. The van der Waals surface area contributed by atoms with E-state index in [-0.39, 0.29) is 21.4 Å². The van der Waals surface area contributed by atoms with E-state index in [1.165, 1.54) is 12.1 Å². The SMILES string of the molecule is NN(O)Oc1cc(Cl)nc(Cl)c1. The summed E-state index contributed by atoms with van der Waals surface area (Å²) in [5, 5.41) is 8.82. The van der Waals surface area contributed by atoms with Crippen molar-refractivity contribution in [3.8, 4) is 5.75 Å². The van der Waals surface area contributed by atoms with Gasteiger partial charge in [0.15, 0.2) is 5.75 Å². The van der Waals surface area contributed by atoms with E-state index in [9.17, 15) is 0 Å². The summed E-state index contributed by atoms with van der Waals surface area (Å²) >= 11 is 11.0. The average molecular weight is 210 g/mol. The van der Waals surface area contributed by atoms with Gasteiger partial charge in [0.2, 0.25) is 0 Å². The second kappa shape index (κ2) is 3.88. The van der Waals surface area contributed by atoms with Crippen molar-refractivity contribution in [2.45, 2.75) is 0 Å². The highest BCUT2D eigenvalue weighted by atomic mass is 35.5. The van der Waals surface area contributed by atoms with Gasteiger partial charge >= 0.3 is 0 Å². The Morgan fingerprint density at radius 3 is 2.33 bits per heavy atom. The minimum absolute atomic E-state index is 0.0436. The molecule has 0 aromatic carbocycles. The van der Waals surface area contributed by atoms with E-state index in [1.807, 2.05) is 0 Å². The molecule has 0 atom stereocenters. The number of nitrogens with zero attached hydrogens (tertiary/aromatic N) is 2. The maximum atomic E-state index is 8.47. The first-order valence-corrected chi connectivity index (χ1v) is 3.58. The Balaban J connectivity index is 2.85. The number of rotatable bonds is 2. The summed E-state index contributed by atoms with van der Waals surface area (Å²) in [4.78, 5) is 8.19. The first-order valence-electron chi connectivity index (χ1n) is 2.82. The minimum atomic E-state index is 0.0436. The van der Waals surface area contributed by atoms with Crippen molar-refractivity contribution in [1.82, 2.24) is 10.3 Å². The van der Waals surface area contributed by atoms with E-state index in [2.05, 4.69) is 9.82 Å². The number of pyridine rings is 1. The molecular formula is C5H5Cl2N3O2. The maximum Gasteiger partial charge on any atom is 0.158 e. The molecule has 7 heteroatoms. The fourth-order valence-corrected chi connectivity index (χ4v) is 1.04. The van der Waals surface area contributed by atoms with Gasteiger partial charge in [0.05, 0.1) is 5.34 Å². The summed E-state index contributed by atoms with van der Waals surface area (Å²) in [5.74, 6) is 4.98. The lowest BCUT2D eigenvalue weighted by Gasteiger charge is -2.08. The highest BCUT2D eigenvalue weighted by Crippen LogP contribution is 2.20. The van der Waals surface area contributed by atoms with E-state index >= 15 is 0 Å². The molecule has 0 aliphatic heterocycles. The Morgan fingerprint density at radius 2 is 1.92 bits per heavy atom. The van der Waals surface area contributed by atoms with E-state index < -0.39 is 0 Å². The number of hydrazine groups is 1. The van der Waals surface area contributed by atoms with Crippen LogP contribution < -0.4 is 10.7 Å². The Labute approximate surface area is 78.1 Å². The molecule has 0 fully saturated rings. The first-order chi connectivity index (χ1) is 5.58. The molecule has 1 aromatic rings. The third-order valence-corrected chi connectivity index (χ3v) is 1.32. The van der Waals surface area contributed by atoms with Crippen molar-refractivity contribution in [2.75, 3.05) is 0 Å². The Morgan fingerprint density at radius 1 is 1.42 bits per heavy atom. The number of nitrogens with two attached hydrogens (primary N) is 1. The zero-order valence-corrected chi connectivity index (χ0v) is 7.25. The Bertz CT molecular complexity index is 261. The van der Waals surface area contributed by atoms with Crippen LogP contribution in [0.1, 0.15) is 0 Å². The molecule has 0 radical (unpaired) electrons. The molecule has 0 spiro atoms. The molecule has 1 heterocycles. The zero-order chi connectivity index (χ0) is 9.14. The van der Waals surface area contributed by atoms with Crippen molar-refractivity contribution >= 4 is 23.2 Å². The third kappa shape index (κ3) is 2.80. The predicted octanol–water partition coefficient (Wildman–Crippen LogP) is 1.25. The fraction of sp³-hybridized carbons (Fsp3) is 0. The van der Waals surface area contributed by atoms with Crippen molar-refractivity contribution in [2.24, 2.45) is 5.84 Å². The van der Waals surface area contributed by atoms with Gasteiger partial charge in [-0.3, -0.25) is 5.21 Å². The van der Waals surface area contributed by atoms with Gasteiger partial charge in [-0.05, 0) is 0 Å². The van der Waals surface area contributed by atoms with Gasteiger partial charge in [-0.2, -0.15) is 0 Å². The molecule has 1 aromatic heterocycles. The molecule has 12 heavy (non-hydrogen) atoms. The van der Waals surface area contributed by atoms with Crippen molar-refractivity contribution in [1.29, 1.82) is 0 Å². The van der Waals surface area contributed by atoms with Crippen LogP contribution in [0.2, 0.25) is 10.3 Å². The molecule has 0 aliphatic rings. The summed E-state index contributed by atoms with van der Waals surface area (Å²) in [7, 11) is 0. The predicted molar refractivity (Wildman–Crippen MR) is 42.7 cm³/mol. The number of halogens is 2. The lowest BCUT2D eigenvalue weighted by molar-refractivity contribution is -0.285. The number of aromatic nitrogens is 1. The molecule has 0 aliphatic carbocycles. The quantitative estimate of drug-likeness (QED) is 0.436. The second-order valence-electron chi connectivity index (χ2n) is 1.84. The Kier molecular flexibility index (Phi) is 3.07. The van der Waals surface area contributed by atoms with Crippen LogP contribution in [0.4, 0.5) is 0 Å². The van der Waals surface area contributed by atoms with Gasteiger partial charge in [0.1, 0.15) is 10.3 Å². The van der Waals surface area contributed by atoms with Gasteiger partial charge in [-0.1, -0.05) is 23.2 Å². The topological polar surface area (TPSA) is 71.6 Å². The summed E-state index contributed by atoms with van der Waals surface area (Å²) < 4.78 is 0. The van der Waals surface area contributed by atoms with E-state index in [4.69, 9.17) is 34.3 Å². The largest absolute Gasteiger partial charge is 0.366 e. The number of hydrogen-bond acceptors (Lipinski definition) is 5. The van der Waals surface area contributed by atoms with Gasteiger partial charge in [0.25, 0.3) is 0 Å². The fourth-order valence-electron chi connectivity index (χ4n) is 0.604.